The van der Waals surface area contributed by atoms with E-state index in [1.807, 2.05) is 13.2 Å². The summed E-state index contributed by atoms with van der Waals surface area (Å²) in [6.07, 6.45) is 3.36. The maximum absolute atomic E-state index is 5.37. The number of ether oxygens (including phenoxy) is 1. The van der Waals surface area contributed by atoms with Gasteiger partial charge >= 0.3 is 0 Å². The summed E-state index contributed by atoms with van der Waals surface area (Å²) in [5, 5.41) is 3.12. The SMILES string of the molecule is CNCc1cc(N2CCC(OC)C2)ccn1. The molecule has 0 amide bonds. The van der Waals surface area contributed by atoms with Crippen LogP contribution in [-0.4, -0.2) is 38.3 Å². The quantitative estimate of drug-likeness (QED) is 0.824. The normalized spacial score (nSPS) is 20.4. The maximum atomic E-state index is 5.37. The van der Waals surface area contributed by atoms with Crippen molar-refractivity contribution in [2.45, 2.75) is 19.1 Å². The van der Waals surface area contributed by atoms with Gasteiger partial charge in [0.05, 0.1) is 11.8 Å². The van der Waals surface area contributed by atoms with Crippen LogP contribution < -0.4 is 10.2 Å². The number of rotatable bonds is 4. The fourth-order valence-corrected chi connectivity index (χ4v) is 2.10. The molecule has 1 aliphatic rings. The first kappa shape index (κ1) is 11.4. The van der Waals surface area contributed by atoms with Crippen LogP contribution in [0, 0.1) is 0 Å². The zero-order chi connectivity index (χ0) is 11.4. The highest BCUT2D eigenvalue weighted by atomic mass is 16.5. The molecule has 0 saturated carbocycles. The minimum atomic E-state index is 0.376. The Morgan fingerprint density at radius 2 is 2.50 bits per heavy atom. The van der Waals surface area contributed by atoms with Crippen LogP contribution in [0.25, 0.3) is 0 Å². The van der Waals surface area contributed by atoms with Crippen molar-refractivity contribution in [3.63, 3.8) is 0 Å². The summed E-state index contributed by atoms with van der Waals surface area (Å²) in [4.78, 5) is 6.68. The van der Waals surface area contributed by atoms with Gasteiger partial charge in [0.1, 0.15) is 0 Å². The number of nitrogens with zero attached hydrogens (tertiary/aromatic N) is 2. The minimum Gasteiger partial charge on any atom is -0.380 e. The van der Waals surface area contributed by atoms with Crippen molar-refractivity contribution in [1.29, 1.82) is 0 Å². The van der Waals surface area contributed by atoms with Crippen molar-refractivity contribution < 1.29 is 4.74 Å². The van der Waals surface area contributed by atoms with Crippen LogP contribution in [0.2, 0.25) is 0 Å². The van der Waals surface area contributed by atoms with Gasteiger partial charge in [-0.05, 0) is 25.6 Å². The molecule has 0 aromatic carbocycles. The zero-order valence-corrected chi connectivity index (χ0v) is 9.94. The van der Waals surface area contributed by atoms with E-state index in [2.05, 4.69) is 27.3 Å². The number of anilines is 1. The Morgan fingerprint density at radius 3 is 3.19 bits per heavy atom. The molecule has 1 saturated heterocycles. The van der Waals surface area contributed by atoms with Gasteiger partial charge in [0.15, 0.2) is 0 Å². The van der Waals surface area contributed by atoms with E-state index in [-0.39, 0.29) is 0 Å². The molecule has 4 heteroatoms. The smallest absolute Gasteiger partial charge is 0.0762 e. The Bertz CT molecular complexity index is 343. The van der Waals surface area contributed by atoms with Gasteiger partial charge in [-0.15, -0.1) is 0 Å². The third-order valence-electron chi connectivity index (χ3n) is 3.00. The molecule has 1 aliphatic heterocycles. The lowest BCUT2D eigenvalue weighted by Gasteiger charge is -2.18. The highest BCUT2D eigenvalue weighted by Gasteiger charge is 2.22. The standard InChI is InChI=1S/C12H19N3O/c1-13-8-10-7-11(3-5-14-10)15-6-4-12(9-15)16-2/h3,5,7,12-13H,4,6,8-9H2,1-2H3. The van der Waals surface area contributed by atoms with E-state index in [9.17, 15) is 0 Å². The van der Waals surface area contributed by atoms with E-state index in [4.69, 9.17) is 4.74 Å². The zero-order valence-electron chi connectivity index (χ0n) is 9.94. The molecule has 0 radical (unpaired) electrons. The number of methoxy groups -OCH3 is 1. The van der Waals surface area contributed by atoms with Gasteiger partial charge in [-0.2, -0.15) is 0 Å². The third-order valence-corrected chi connectivity index (χ3v) is 3.00. The van der Waals surface area contributed by atoms with Crippen LogP contribution in [0.5, 0.6) is 0 Å². The maximum Gasteiger partial charge on any atom is 0.0762 e. The lowest BCUT2D eigenvalue weighted by Crippen LogP contribution is -2.22. The first-order valence-electron chi connectivity index (χ1n) is 5.70. The average molecular weight is 221 g/mol. The molecule has 4 nitrogen and oxygen atoms in total. The van der Waals surface area contributed by atoms with Gasteiger partial charge in [0.2, 0.25) is 0 Å². The lowest BCUT2D eigenvalue weighted by molar-refractivity contribution is 0.121. The molecule has 1 aromatic rings. The predicted octanol–water partition coefficient (Wildman–Crippen LogP) is 1.03. The van der Waals surface area contributed by atoms with E-state index in [0.29, 0.717) is 6.10 Å². The topological polar surface area (TPSA) is 37.4 Å². The van der Waals surface area contributed by atoms with Crippen molar-refractivity contribution in [1.82, 2.24) is 10.3 Å². The molecule has 88 valence electrons. The van der Waals surface area contributed by atoms with Gasteiger partial charge in [-0.25, -0.2) is 0 Å². The fraction of sp³-hybridized carbons (Fsp3) is 0.583. The molecule has 1 unspecified atom stereocenters. The molecule has 1 fully saturated rings. The van der Waals surface area contributed by atoms with E-state index < -0.39 is 0 Å². The summed E-state index contributed by atoms with van der Waals surface area (Å²) >= 11 is 0. The summed E-state index contributed by atoms with van der Waals surface area (Å²) in [6, 6.07) is 4.21. The Morgan fingerprint density at radius 1 is 1.62 bits per heavy atom. The lowest BCUT2D eigenvalue weighted by atomic mass is 10.3. The second-order valence-corrected chi connectivity index (χ2v) is 4.13. The highest BCUT2D eigenvalue weighted by molar-refractivity contribution is 5.47. The Balaban J connectivity index is 2.06. The van der Waals surface area contributed by atoms with Crippen molar-refractivity contribution in [3.05, 3.63) is 24.0 Å². The first-order chi connectivity index (χ1) is 7.83. The van der Waals surface area contributed by atoms with E-state index in [1.165, 1.54) is 5.69 Å². The van der Waals surface area contributed by atoms with E-state index in [1.54, 1.807) is 7.11 Å². The Kier molecular flexibility index (Phi) is 3.74. The number of nitrogens with one attached hydrogen (secondary N) is 1. The van der Waals surface area contributed by atoms with E-state index >= 15 is 0 Å². The monoisotopic (exact) mass is 221 g/mol. The molecule has 0 aliphatic carbocycles. The summed E-state index contributed by atoms with van der Waals surface area (Å²) in [5.74, 6) is 0. The van der Waals surface area contributed by atoms with Crippen LogP contribution in [0.3, 0.4) is 0 Å². The summed E-state index contributed by atoms with van der Waals surface area (Å²) in [5.41, 5.74) is 2.33. The molecule has 1 aromatic heterocycles. The van der Waals surface area contributed by atoms with Gasteiger partial charge < -0.3 is 15.0 Å². The van der Waals surface area contributed by atoms with Crippen LogP contribution in [0.1, 0.15) is 12.1 Å². The molecule has 1 atom stereocenters. The number of hydrogen-bond acceptors (Lipinski definition) is 4. The van der Waals surface area contributed by atoms with Gasteiger partial charge in [-0.3, -0.25) is 4.98 Å². The van der Waals surface area contributed by atoms with Gasteiger partial charge in [-0.1, -0.05) is 0 Å². The van der Waals surface area contributed by atoms with Crippen molar-refractivity contribution in [3.8, 4) is 0 Å². The van der Waals surface area contributed by atoms with Gasteiger partial charge in [0.25, 0.3) is 0 Å². The molecular formula is C12H19N3O. The predicted molar refractivity (Wildman–Crippen MR) is 64.6 cm³/mol. The largest absolute Gasteiger partial charge is 0.380 e. The number of aromatic nitrogens is 1. The minimum absolute atomic E-state index is 0.376. The Hall–Kier alpha value is -1.13. The molecule has 1 N–H and O–H groups in total. The first-order valence-corrected chi connectivity index (χ1v) is 5.70. The van der Waals surface area contributed by atoms with Crippen molar-refractivity contribution in [2.75, 3.05) is 32.1 Å². The van der Waals surface area contributed by atoms with E-state index in [0.717, 1.165) is 31.7 Å². The number of hydrogen-bond donors (Lipinski definition) is 1. The molecule has 0 bridgehead atoms. The Labute approximate surface area is 96.6 Å². The average Bonchev–Trinajstić information content (AvgIpc) is 2.78. The van der Waals surface area contributed by atoms with Crippen LogP contribution in [0.4, 0.5) is 5.69 Å². The molecule has 16 heavy (non-hydrogen) atoms. The van der Waals surface area contributed by atoms with Gasteiger partial charge in [0, 0.05) is 38.6 Å². The molecule has 0 spiro atoms. The molecule has 2 heterocycles. The summed E-state index contributed by atoms with van der Waals surface area (Å²) in [6.45, 7) is 2.87. The third kappa shape index (κ3) is 2.51. The molecular weight excluding hydrogens is 202 g/mol. The summed E-state index contributed by atoms with van der Waals surface area (Å²) in [7, 11) is 3.72. The van der Waals surface area contributed by atoms with Crippen molar-refractivity contribution in [2.24, 2.45) is 0 Å². The second kappa shape index (κ2) is 5.27. The second-order valence-electron chi connectivity index (χ2n) is 4.13. The highest BCUT2D eigenvalue weighted by Crippen LogP contribution is 2.21. The fourth-order valence-electron chi connectivity index (χ4n) is 2.10. The summed E-state index contributed by atoms with van der Waals surface area (Å²) < 4.78 is 5.37. The molecule has 2 rings (SSSR count). The number of pyridine rings is 1. The van der Waals surface area contributed by atoms with Crippen LogP contribution in [0.15, 0.2) is 18.3 Å². The van der Waals surface area contributed by atoms with Crippen LogP contribution >= 0.6 is 0 Å². The van der Waals surface area contributed by atoms with Crippen molar-refractivity contribution >= 4 is 5.69 Å². The van der Waals surface area contributed by atoms with Crippen LogP contribution in [-0.2, 0) is 11.3 Å².